The maximum absolute atomic E-state index is 4.84. The summed E-state index contributed by atoms with van der Waals surface area (Å²) in [7, 11) is 0. The lowest BCUT2D eigenvalue weighted by atomic mass is 10.1. The Morgan fingerprint density at radius 2 is 1.92 bits per heavy atom. The highest BCUT2D eigenvalue weighted by molar-refractivity contribution is 7.14. The van der Waals surface area contributed by atoms with Crippen molar-refractivity contribution in [2.24, 2.45) is 4.99 Å². The summed E-state index contributed by atoms with van der Waals surface area (Å²) in [6.45, 7) is 9.81. The highest BCUT2D eigenvalue weighted by atomic mass is 32.1. The van der Waals surface area contributed by atoms with Crippen molar-refractivity contribution in [2.45, 2.75) is 51.5 Å². The minimum Gasteiger partial charge on any atom is -0.363 e. The summed E-state index contributed by atoms with van der Waals surface area (Å²) < 4.78 is 0. The summed E-state index contributed by atoms with van der Waals surface area (Å²) in [5.74, 6) is 0.997. The maximum Gasteiger partial charge on any atom is 0.191 e. The molecule has 6 heteroatoms. The molecule has 0 spiro atoms. The van der Waals surface area contributed by atoms with Gasteiger partial charge in [0.1, 0.15) is 0 Å². The lowest BCUT2D eigenvalue weighted by molar-refractivity contribution is 0.293. The van der Waals surface area contributed by atoms with E-state index in [1.165, 1.54) is 56.6 Å². The molecular formula is C20H35N5S. The molecule has 26 heavy (non-hydrogen) atoms. The number of likely N-dealkylation sites (tertiary alicyclic amines) is 1. The van der Waals surface area contributed by atoms with Crippen molar-refractivity contribution in [3.8, 4) is 0 Å². The third-order valence-electron chi connectivity index (χ3n) is 5.38. The van der Waals surface area contributed by atoms with E-state index < -0.39 is 0 Å². The van der Waals surface area contributed by atoms with Crippen molar-refractivity contribution in [2.75, 3.05) is 50.7 Å². The number of aliphatic imine (C=N–C) groups is 1. The Balaban J connectivity index is 1.42. The predicted octanol–water partition coefficient (Wildman–Crippen LogP) is 3.15. The van der Waals surface area contributed by atoms with Crippen LogP contribution in [0.25, 0.3) is 0 Å². The first kappa shape index (κ1) is 19.5. The van der Waals surface area contributed by atoms with Gasteiger partial charge in [-0.15, -0.1) is 11.3 Å². The quantitative estimate of drug-likeness (QED) is 0.590. The van der Waals surface area contributed by atoms with Crippen molar-refractivity contribution in [3.63, 3.8) is 0 Å². The van der Waals surface area contributed by atoms with Gasteiger partial charge in [-0.25, -0.2) is 0 Å². The van der Waals surface area contributed by atoms with E-state index in [2.05, 4.69) is 44.9 Å². The molecule has 0 bridgehead atoms. The van der Waals surface area contributed by atoms with Crippen molar-refractivity contribution >= 4 is 22.3 Å². The lowest BCUT2D eigenvalue weighted by Crippen LogP contribution is -2.48. The molecule has 3 heterocycles. The fourth-order valence-electron chi connectivity index (χ4n) is 3.87. The van der Waals surface area contributed by atoms with Gasteiger partial charge in [-0.05, 0) is 63.2 Å². The summed E-state index contributed by atoms with van der Waals surface area (Å²) in [4.78, 5) is 9.93. The average molecular weight is 378 g/mol. The summed E-state index contributed by atoms with van der Waals surface area (Å²) in [6.07, 6.45) is 7.85. The second-order valence-corrected chi connectivity index (χ2v) is 8.30. The highest BCUT2D eigenvalue weighted by Crippen LogP contribution is 2.24. The second kappa shape index (κ2) is 10.8. The monoisotopic (exact) mass is 377 g/mol. The van der Waals surface area contributed by atoms with Crippen LogP contribution in [0, 0.1) is 0 Å². The topological polar surface area (TPSA) is 42.9 Å². The number of nitrogens with one attached hydrogen (secondary N) is 2. The Hall–Kier alpha value is -1.27. The molecule has 0 aliphatic carbocycles. The van der Waals surface area contributed by atoms with E-state index in [1.807, 2.05) is 11.3 Å². The number of hydrogen-bond acceptors (Lipinski definition) is 4. The molecule has 0 radical (unpaired) electrons. The summed E-state index contributed by atoms with van der Waals surface area (Å²) in [5.41, 5.74) is 0. The van der Waals surface area contributed by atoms with Gasteiger partial charge in [0.05, 0.1) is 11.5 Å². The van der Waals surface area contributed by atoms with Crippen LogP contribution >= 0.6 is 11.3 Å². The van der Waals surface area contributed by atoms with Crippen molar-refractivity contribution in [3.05, 3.63) is 17.5 Å². The fraction of sp³-hybridized carbons (Fsp3) is 0.750. The van der Waals surface area contributed by atoms with Gasteiger partial charge < -0.3 is 20.4 Å². The van der Waals surface area contributed by atoms with E-state index in [0.717, 1.165) is 38.7 Å². The molecule has 5 nitrogen and oxygen atoms in total. The van der Waals surface area contributed by atoms with E-state index in [4.69, 9.17) is 4.99 Å². The van der Waals surface area contributed by atoms with Crippen LogP contribution in [0.5, 0.6) is 0 Å². The number of nitrogens with zero attached hydrogens (tertiary/aromatic N) is 3. The molecule has 2 N–H and O–H groups in total. The minimum atomic E-state index is 0.530. The third-order valence-corrected chi connectivity index (χ3v) is 6.31. The van der Waals surface area contributed by atoms with Gasteiger partial charge in [-0.1, -0.05) is 12.8 Å². The van der Waals surface area contributed by atoms with Crippen LogP contribution in [0.15, 0.2) is 22.5 Å². The zero-order valence-corrected chi connectivity index (χ0v) is 17.1. The van der Waals surface area contributed by atoms with Crippen LogP contribution in [-0.4, -0.2) is 62.7 Å². The molecule has 0 unspecified atom stereocenters. The molecule has 0 atom stereocenters. The molecule has 0 aromatic carbocycles. The Morgan fingerprint density at radius 1 is 1.15 bits per heavy atom. The van der Waals surface area contributed by atoms with Gasteiger partial charge in [-0.3, -0.25) is 4.99 Å². The number of guanidine groups is 1. The Morgan fingerprint density at radius 3 is 2.58 bits per heavy atom. The molecule has 2 aliphatic rings. The number of anilines is 1. The zero-order chi connectivity index (χ0) is 18.0. The Kier molecular flexibility index (Phi) is 8.08. The average Bonchev–Trinajstić information content (AvgIpc) is 3.07. The van der Waals surface area contributed by atoms with Crippen LogP contribution in [0.1, 0.15) is 45.4 Å². The molecule has 2 fully saturated rings. The first-order valence-electron chi connectivity index (χ1n) is 10.4. The number of hydrogen-bond donors (Lipinski definition) is 2. The van der Waals surface area contributed by atoms with E-state index in [1.54, 1.807) is 0 Å². The molecule has 0 amide bonds. The van der Waals surface area contributed by atoms with Gasteiger partial charge in [0.15, 0.2) is 5.96 Å². The normalized spacial score (nSPS) is 20.8. The van der Waals surface area contributed by atoms with Gasteiger partial charge >= 0.3 is 0 Å². The first-order valence-corrected chi connectivity index (χ1v) is 11.3. The van der Waals surface area contributed by atoms with Crippen LogP contribution in [-0.2, 0) is 0 Å². The standard InChI is InChI=1S/C20H35N5S/c1-2-21-20(22-11-16-24-12-5-3-4-6-13-24)23-18-9-14-25(15-10-18)19-8-7-17-26-19/h7-8,17-18H,2-6,9-16H2,1H3,(H2,21,22,23). The number of piperidine rings is 1. The van der Waals surface area contributed by atoms with Crippen molar-refractivity contribution in [1.82, 2.24) is 15.5 Å². The summed E-state index contributed by atoms with van der Waals surface area (Å²) in [6, 6.07) is 4.90. The van der Waals surface area contributed by atoms with E-state index >= 15 is 0 Å². The van der Waals surface area contributed by atoms with Gasteiger partial charge in [0.2, 0.25) is 0 Å². The highest BCUT2D eigenvalue weighted by Gasteiger charge is 2.20. The SMILES string of the molecule is CCNC(=NCCN1CCCCCC1)NC1CCN(c2cccs2)CC1. The van der Waals surface area contributed by atoms with Gasteiger partial charge in [-0.2, -0.15) is 0 Å². The van der Waals surface area contributed by atoms with Crippen molar-refractivity contribution < 1.29 is 0 Å². The van der Waals surface area contributed by atoms with Crippen LogP contribution < -0.4 is 15.5 Å². The zero-order valence-electron chi connectivity index (χ0n) is 16.3. The van der Waals surface area contributed by atoms with Crippen LogP contribution in [0.2, 0.25) is 0 Å². The van der Waals surface area contributed by atoms with Crippen LogP contribution in [0.4, 0.5) is 5.00 Å². The van der Waals surface area contributed by atoms with Gasteiger partial charge in [0.25, 0.3) is 0 Å². The number of rotatable bonds is 6. The minimum absolute atomic E-state index is 0.530. The van der Waals surface area contributed by atoms with E-state index in [0.29, 0.717) is 6.04 Å². The second-order valence-electron chi connectivity index (χ2n) is 7.37. The lowest BCUT2D eigenvalue weighted by Gasteiger charge is -2.33. The Bertz CT molecular complexity index is 514. The van der Waals surface area contributed by atoms with Crippen molar-refractivity contribution in [1.29, 1.82) is 0 Å². The molecule has 0 saturated carbocycles. The van der Waals surface area contributed by atoms with E-state index in [-0.39, 0.29) is 0 Å². The van der Waals surface area contributed by atoms with E-state index in [9.17, 15) is 0 Å². The predicted molar refractivity (Wildman–Crippen MR) is 114 cm³/mol. The molecule has 1 aromatic rings. The first-order chi connectivity index (χ1) is 12.8. The molecule has 2 aliphatic heterocycles. The third kappa shape index (κ3) is 6.16. The molecule has 146 valence electrons. The number of thiophene rings is 1. The molecule has 2 saturated heterocycles. The fourth-order valence-corrected chi connectivity index (χ4v) is 4.66. The molecule has 3 rings (SSSR count). The Labute approximate surface area is 162 Å². The smallest absolute Gasteiger partial charge is 0.191 e. The largest absolute Gasteiger partial charge is 0.363 e. The maximum atomic E-state index is 4.84. The van der Waals surface area contributed by atoms with Crippen LogP contribution in [0.3, 0.4) is 0 Å². The molecule has 1 aromatic heterocycles. The van der Waals surface area contributed by atoms with Gasteiger partial charge in [0, 0.05) is 32.2 Å². The molecular weight excluding hydrogens is 342 g/mol. The summed E-state index contributed by atoms with van der Waals surface area (Å²) >= 11 is 1.84. The summed E-state index contributed by atoms with van der Waals surface area (Å²) in [5, 5.41) is 10.7.